The van der Waals surface area contributed by atoms with Crippen LogP contribution in [-0.4, -0.2) is 0 Å². The second kappa shape index (κ2) is 10.2. The molecule has 3 atom stereocenters. The first kappa shape index (κ1) is 20.3. The summed E-state index contributed by atoms with van der Waals surface area (Å²) in [6.07, 6.45) is 17.1. The highest BCUT2D eigenvalue weighted by atomic mass is 14.4. The van der Waals surface area contributed by atoms with Gasteiger partial charge in [-0.15, -0.1) is 12.3 Å². The third-order valence-corrected chi connectivity index (χ3v) is 6.16. The van der Waals surface area contributed by atoms with Crippen molar-refractivity contribution in [2.75, 3.05) is 0 Å². The van der Waals surface area contributed by atoms with Crippen molar-refractivity contribution >= 4 is 0 Å². The molecular weight excluding hydrogens is 276 g/mol. The molecular formula is C23H40. The lowest BCUT2D eigenvalue weighted by atomic mass is 9.67. The average molecular weight is 317 g/mol. The zero-order valence-corrected chi connectivity index (χ0v) is 16.6. The number of allylic oxidation sites excluding steroid dienone is 2. The summed E-state index contributed by atoms with van der Waals surface area (Å²) >= 11 is 0. The van der Waals surface area contributed by atoms with E-state index in [0.717, 1.165) is 36.0 Å². The zero-order valence-electron chi connectivity index (χ0n) is 16.6. The van der Waals surface area contributed by atoms with Crippen LogP contribution in [0.4, 0.5) is 0 Å². The van der Waals surface area contributed by atoms with E-state index in [0.29, 0.717) is 5.92 Å². The van der Waals surface area contributed by atoms with Crippen molar-refractivity contribution in [1.82, 2.24) is 0 Å². The average Bonchev–Trinajstić information content (AvgIpc) is 2.47. The second-order valence-corrected chi connectivity index (χ2v) is 8.54. The first-order valence-electron chi connectivity index (χ1n) is 10.0. The van der Waals surface area contributed by atoms with Gasteiger partial charge in [0.05, 0.1) is 0 Å². The van der Waals surface area contributed by atoms with Gasteiger partial charge < -0.3 is 0 Å². The van der Waals surface area contributed by atoms with Crippen LogP contribution in [0.5, 0.6) is 0 Å². The normalized spacial score (nSPS) is 25.6. The van der Waals surface area contributed by atoms with Gasteiger partial charge in [-0.25, -0.2) is 0 Å². The molecule has 0 aliphatic heterocycles. The molecule has 1 saturated carbocycles. The van der Waals surface area contributed by atoms with Gasteiger partial charge in [-0.1, -0.05) is 59.1 Å². The molecule has 132 valence electrons. The Hall–Kier alpha value is -0.700. The lowest BCUT2D eigenvalue weighted by Gasteiger charge is -2.39. The molecule has 0 aromatic carbocycles. The van der Waals surface area contributed by atoms with Crippen molar-refractivity contribution in [1.29, 1.82) is 0 Å². The van der Waals surface area contributed by atoms with Crippen LogP contribution in [-0.2, 0) is 0 Å². The predicted molar refractivity (Wildman–Crippen MR) is 104 cm³/mol. The van der Waals surface area contributed by atoms with Crippen molar-refractivity contribution in [2.45, 2.75) is 86.5 Å². The maximum Gasteiger partial charge on any atom is 0.0149 e. The standard InChI is InChI=1S/C23H40/c1-8-11-20(16-21(9-2)17(4)5)12-18(6)13-22(10-3)23-14-19(7)15-23/h1,12,17,19-23H,9-11,13-16H2,2-7H3. The molecule has 1 aliphatic carbocycles. The molecule has 0 spiro atoms. The molecule has 3 unspecified atom stereocenters. The van der Waals surface area contributed by atoms with E-state index in [9.17, 15) is 0 Å². The van der Waals surface area contributed by atoms with E-state index in [2.05, 4.69) is 53.5 Å². The van der Waals surface area contributed by atoms with E-state index in [1.807, 2.05) is 0 Å². The predicted octanol–water partition coefficient (Wildman–Crippen LogP) is 7.11. The summed E-state index contributed by atoms with van der Waals surface area (Å²) < 4.78 is 0. The summed E-state index contributed by atoms with van der Waals surface area (Å²) in [7, 11) is 0. The molecule has 0 bridgehead atoms. The van der Waals surface area contributed by atoms with Gasteiger partial charge in [0.25, 0.3) is 0 Å². The first-order valence-corrected chi connectivity index (χ1v) is 10.0. The van der Waals surface area contributed by atoms with Crippen molar-refractivity contribution in [3.63, 3.8) is 0 Å². The fourth-order valence-electron chi connectivity index (χ4n) is 4.54. The van der Waals surface area contributed by atoms with Gasteiger partial charge in [0.15, 0.2) is 0 Å². The lowest BCUT2D eigenvalue weighted by molar-refractivity contribution is 0.132. The van der Waals surface area contributed by atoms with Crippen molar-refractivity contribution in [3.05, 3.63) is 11.6 Å². The summed E-state index contributed by atoms with van der Waals surface area (Å²) in [5, 5.41) is 0. The minimum absolute atomic E-state index is 0.574. The molecule has 0 aromatic rings. The Morgan fingerprint density at radius 3 is 2.30 bits per heavy atom. The third kappa shape index (κ3) is 6.74. The van der Waals surface area contributed by atoms with Crippen LogP contribution in [0.15, 0.2) is 11.6 Å². The maximum atomic E-state index is 5.64. The molecule has 0 saturated heterocycles. The Morgan fingerprint density at radius 1 is 1.22 bits per heavy atom. The number of hydrogen-bond donors (Lipinski definition) is 0. The van der Waals surface area contributed by atoms with Gasteiger partial charge in [-0.3, -0.25) is 0 Å². The van der Waals surface area contributed by atoms with Crippen molar-refractivity contribution in [3.8, 4) is 12.3 Å². The molecule has 0 radical (unpaired) electrons. The van der Waals surface area contributed by atoms with E-state index in [1.165, 1.54) is 38.5 Å². The van der Waals surface area contributed by atoms with Crippen LogP contribution in [0.2, 0.25) is 0 Å². The van der Waals surface area contributed by atoms with Gasteiger partial charge in [-0.05, 0) is 68.1 Å². The quantitative estimate of drug-likeness (QED) is 0.297. The lowest BCUT2D eigenvalue weighted by Crippen LogP contribution is -2.28. The van der Waals surface area contributed by atoms with E-state index < -0.39 is 0 Å². The fourth-order valence-corrected chi connectivity index (χ4v) is 4.54. The van der Waals surface area contributed by atoms with Gasteiger partial charge in [-0.2, -0.15) is 0 Å². The van der Waals surface area contributed by atoms with Gasteiger partial charge in [0.1, 0.15) is 0 Å². The highest BCUT2D eigenvalue weighted by Crippen LogP contribution is 2.42. The monoisotopic (exact) mass is 316 g/mol. The Morgan fingerprint density at radius 2 is 1.87 bits per heavy atom. The molecule has 1 fully saturated rings. The largest absolute Gasteiger partial charge is 0.120 e. The van der Waals surface area contributed by atoms with E-state index >= 15 is 0 Å². The molecule has 23 heavy (non-hydrogen) atoms. The molecule has 0 amide bonds. The third-order valence-electron chi connectivity index (χ3n) is 6.16. The number of rotatable bonds is 10. The molecule has 0 N–H and O–H groups in total. The van der Waals surface area contributed by atoms with Crippen LogP contribution < -0.4 is 0 Å². The highest BCUT2D eigenvalue weighted by Gasteiger charge is 2.31. The zero-order chi connectivity index (χ0) is 17.4. The minimum atomic E-state index is 0.574. The summed E-state index contributed by atoms with van der Waals surface area (Å²) in [5.74, 6) is 7.87. The Kier molecular flexibility index (Phi) is 9.04. The van der Waals surface area contributed by atoms with Crippen LogP contribution in [0.25, 0.3) is 0 Å². The van der Waals surface area contributed by atoms with Crippen molar-refractivity contribution < 1.29 is 0 Å². The number of terminal acetylenes is 1. The smallest absolute Gasteiger partial charge is 0.0149 e. The second-order valence-electron chi connectivity index (χ2n) is 8.54. The molecule has 1 aliphatic rings. The van der Waals surface area contributed by atoms with Crippen LogP contribution in [0.3, 0.4) is 0 Å². The molecule has 0 heteroatoms. The molecule has 0 heterocycles. The SMILES string of the molecule is C#CCC(C=C(C)CC(CC)C1CC(C)C1)CC(CC)C(C)C. The van der Waals surface area contributed by atoms with Gasteiger partial charge in [0.2, 0.25) is 0 Å². The van der Waals surface area contributed by atoms with Gasteiger partial charge in [0, 0.05) is 6.42 Å². The van der Waals surface area contributed by atoms with Crippen LogP contribution in [0, 0.1) is 47.9 Å². The van der Waals surface area contributed by atoms with Gasteiger partial charge >= 0.3 is 0 Å². The summed E-state index contributed by atoms with van der Waals surface area (Å²) in [4.78, 5) is 0. The Labute approximate surface area is 146 Å². The minimum Gasteiger partial charge on any atom is -0.120 e. The fraction of sp³-hybridized carbons (Fsp3) is 0.826. The van der Waals surface area contributed by atoms with E-state index in [1.54, 1.807) is 5.57 Å². The van der Waals surface area contributed by atoms with E-state index in [-0.39, 0.29) is 0 Å². The summed E-state index contributed by atoms with van der Waals surface area (Å²) in [5.41, 5.74) is 1.58. The molecule has 0 nitrogen and oxygen atoms in total. The van der Waals surface area contributed by atoms with E-state index in [4.69, 9.17) is 6.42 Å². The molecule has 1 rings (SSSR count). The number of hydrogen-bond acceptors (Lipinski definition) is 0. The van der Waals surface area contributed by atoms with Crippen molar-refractivity contribution in [2.24, 2.45) is 35.5 Å². The highest BCUT2D eigenvalue weighted by molar-refractivity contribution is 5.06. The maximum absolute atomic E-state index is 5.64. The summed E-state index contributed by atoms with van der Waals surface area (Å²) in [6, 6.07) is 0. The topological polar surface area (TPSA) is 0 Å². The summed E-state index contributed by atoms with van der Waals surface area (Å²) in [6.45, 7) is 14.1. The Balaban J connectivity index is 2.63. The Bertz CT molecular complexity index is 389. The molecule has 0 aromatic heterocycles. The van der Waals surface area contributed by atoms with Crippen LogP contribution >= 0.6 is 0 Å². The first-order chi connectivity index (χ1) is 10.9. The van der Waals surface area contributed by atoms with Crippen LogP contribution in [0.1, 0.15) is 86.5 Å².